The van der Waals surface area contributed by atoms with Crippen LogP contribution in [-0.4, -0.2) is 43.7 Å². The third-order valence-electron chi connectivity index (χ3n) is 8.54. The molecule has 6 rings (SSSR count). The Labute approximate surface area is 232 Å². The number of halogens is 1. The molecule has 40 heavy (non-hydrogen) atoms. The first-order chi connectivity index (χ1) is 19.1. The number of ketones is 3. The number of anilines is 1. The molecule has 3 aliphatic rings. The topological polar surface area (TPSA) is 72.9 Å². The smallest absolute Gasteiger partial charge is 0.180 e. The summed E-state index contributed by atoms with van der Waals surface area (Å²) in [6.07, 6.45) is 3.52. The van der Waals surface area contributed by atoms with Crippen molar-refractivity contribution in [1.29, 1.82) is 0 Å². The van der Waals surface area contributed by atoms with Gasteiger partial charge in [0.1, 0.15) is 11.2 Å². The maximum atomic E-state index is 14.7. The summed E-state index contributed by atoms with van der Waals surface area (Å²) < 4.78 is 25.8. The Morgan fingerprint density at radius 2 is 1.60 bits per heavy atom. The number of ether oxygens (including phenoxy) is 2. The molecule has 0 N–H and O–H groups in total. The van der Waals surface area contributed by atoms with Gasteiger partial charge >= 0.3 is 0 Å². The first-order valence-corrected chi connectivity index (χ1v) is 13.3. The molecule has 0 aromatic heterocycles. The summed E-state index contributed by atoms with van der Waals surface area (Å²) in [6.45, 7) is 5.48. The summed E-state index contributed by atoms with van der Waals surface area (Å²) in [5, 5.41) is 0. The van der Waals surface area contributed by atoms with Gasteiger partial charge in [-0.15, -0.1) is 0 Å². The van der Waals surface area contributed by atoms with Crippen LogP contribution in [0.2, 0.25) is 0 Å². The number of benzene rings is 3. The van der Waals surface area contributed by atoms with Crippen molar-refractivity contribution in [2.45, 2.75) is 38.8 Å². The van der Waals surface area contributed by atoms with E-state index < -0.39 is 34.6 Å². The number of rotatable bonds is 4. The first-order valence-electron chi connectivity index (χ1n) is 13.3. The second kappa shape index (κ2) is 8.88. The van der Waals surface area contributed by atoms with Gasteiger partial charge in [0.2, 0.25) is 0 Å². The number of methoxy groups -OCH3 is 2. The predicted octanol–water partition coefficient (Wildman–Crippen LogP) is 5.89. The molecular formula is C33H30FNO5. The van der Waals surface area contributed by atoms with Gasteiger partial charge in [-0.1, -0.05) is 69.3 Å². The predicted molar refractivity (Wildman–Crippen MR) is 150 cm³/mol. The van der Waals surface area contributed by atoms with E-state index in [2.05, 4.69) is 0 Å². The molecule has 2 heterocycles. The molecule has 2 aliphatic heterocycles. The van der Waals surface area contributed by atoms with Crippen molar-refractivity contribution >= 4 is 29.1 Å². The summed E-state index contributed by atoms with van der Waals surface area (Å²) in [7, 11) is 3.02. The minimum atomic E-state index is -1.67. The van der Waals surface area contributed by atoms with Gasteiger partial charge in [-0.2, -0.15) is 0 Å². The molecule has 3 atom stereocenters. The SMILES string of the molecule is COc1cccc([C@H]2[C@H](C(=O)C(C)(C)C)N3c4ccc(F)cc4C=CC3C23C(=O)c2ccccc2C3=O)c1OC. The van der Waals surface area contributed by atoms with Crippen LogP contribution in [-0.2, 0) is 4.79 Å². The Balaban J connectivity index is 1.74. The second-order valence-electron chi connectivity index (χ2n) is 11.6. The molecule has 3 aromatic carbocycles. The van der Waals surface area contributed by atoms with E-state index in [0.29, 0.717) is 39.4 Å². The van der Waals surface area contributed by atoms with E-state index in [0.717, 1.165) is 0 Å². The highest BCUT2D eigenvalue weighted by Crippen LogP contribution is 2.62. The van der Waals surface area contributed by atoms with Crippen LogP contribution in [0.25, 0.3) is 6.08 Å². The summed E-state index contributed by atoms with van der Waals surface area (Å²) in [5.41, 5.74) is -0.126. The van der Waals surface area contributed by atoms with Gasteiger partial charge < -0.3 is 14.4 Å². The molecule has 6 nitrogen and oxygen atoms in total. The van der Waals surface area contributed by atoms with Crippen LogP contribution in [0.5, 0.6) is 11.5 Å². The zero-order valence-corrected chi connectivity index (χ0v) is 23.0. The molecule has 3 aromatic rings. The molecule has 1 aliphatic carbocycles. The molecule has 1 saturated heterocycles. The fourth-order valence-electron chi connectivity index (χ4n) is 6.89. The Hall–Kier alpha value is -4.26. The van der Waals surface area contributed by atoms with E-state index in [9.17, 15) is 18.8 Å². The number of Topliss-reactive ketones (excluding diaryl/α,β-unsaturated/α-hetero) is 3. The summed E-state index contributed by atoms with van der Waals surface area (Å²) in [5.74, 6) is -1.37. The molecule has 204 valence electrons. The number of carbonyl (C=O) groups is 3. The monoisotopic (exact) mass is 539 g/mol. The number of hydrogen-bond donors (Lipinski definition) is 0. The van der Waals surface area contributed by atoms with Gasteiger partial charge in [-0.3, -0.25) is 14.4 Å². The fraction of sp³-hybridized carbons (Fsp3) is 0.303. The fourth-order valence-corrected chi connectivity index (χ4v) is 6.89. The van der Waals surface area contributed by atoms with Crippen LogP contribution in [0, 0.1) is 16.6 Å². The standard InChI is InChI=1S/C33H30FNO5/c1-32(2,3)31(38)27-26(22-11-8-12-24(39-4)28(22)40-5)33(29(36)20-9-6-7-10-21(20)30(33)37)25-16-13-18-17-19(34)14-15-23(18)35(25)27/h6-17,25-27H,1-5H3/t25?,26-,27+/m0/s1. The summed E-state index contributed by atoms with van der Waals surface area (Å²) >= 11 is 0. The Morgan fingerprint density at radius 3 is 2.20 bits per heavy atom. The highest BCUT2D eigenvalue weighted by molar-refractivity contribution is 6.32. The van der Waals surface area contributed by atoms with Crippen LogP contribution >= 0.6 is 0 Å². The summed E-state index contributed by atoms with van der Waals surface area (Å²) in [6, 6.07) is 14.8. The third-order valence-corrected chi connectivity index (χ3v) is 8.54. The van der Waals surface area contributed by atoms with Crippen LogP contribution in [0.4, 0.5) is 10.1 Å². The van der Waals surface area contributed by atoms with Crippen LogP contribution < -0.4 is 14.4 Å². The minimum absolute atomic E-state index is 0.147. The average Bonchev–Trinajstić information content (AvgIpc) is 3.37. The lowest BCUT2D eigenvalue weighted by Crippen LogP contribution is -2.49. The third kappa shape index (κ3) is 3.30. The lowest BCUT2D eigenvalue weighted by Gasteiger charge is -2.38. The van der Waals surface area contributed by atoms with Gasteiger partial charge in [0.25, 0.3) is 0 Å². The molecule has 1 unspecified atom stereocenters. The highest BCUT2D eigenvalue weighted by Gasteiger charge is 2.72. The van der Waals surface area contributed by atoms with Crippen molar-refractivity contribution in [2.75, 3.05) is 19.1 Å². The molecular weight excluding hydrogens is 509 g/mol. The van der Waals surface area contributed by atoms with Crippen LogP contribution in [0.1, 0.15) is 58.5 Å². The number of hydrogen-bond acceptors (Lipinski definition) is 6. The zero-order chi connectivity index (χ0) is 28.6. The van der Waals surface area contributed by atoms with E-state index in [4.69, 9.17) is 9.47 Å². The van der Waals surface area contributed by atoms with E-state index in [1.807, 2.05) is 25.7 Å². The molecule has 1 spiro atoms. The van der Waals surface area contributed by atoms with Crippen molar-refractivity contribution in [3.8, 4) is 11.5 Å². The zero-order valence-electron chi connectivity index (χ0n) is 23.0. The Morgan fingerprint density at radius 1 is 0.925 bits per heavy atom. The normalized spacial score (nSPS) is 22.2. The second-order valence-corrected chi connectivity index (χ2v) is 11.6. The van der Waals surface area contributed by atoms with Crippen LogP contribution in [0.15, 0.2) is 66.7 Å². The maximum Gasteiger partial charge on any atom is 0.180 e. The van der Waals surface area contributed by atoms with Crippen molar-refractivity contribution in [1.82, 2.24) is 0 Å². The first kappa shape index (κ1) is 26.0. The lowest BCUT2D eigenvalue weighted by atomic mass is 9.63. The Kier molecular flexibility index (Phi) is 5.77. The van der Waals surface area contributed by atoms with E-state index in [1.165, 1.54) is 26.4 Å². The van der Waals surface area contributed by atoms with Crippen molar-refractivity contribution in [3.05, 3.63) is 94.8 Å². The van der Waals surface area contributed by atoms with E-state index in [1.54, 1.807) is 60.7 Å². The maximum absolute atomic E-state index is 14.7. The molecule has 0 radical (unpaired) electrons. The number of nitrogens with zero attached hydrogens (tertiary/aromatic N) is 1. The van der Waals surface area contributed by atoms with Crippen molar-refractivity contribution in [3.63, 3.8) is 0 Å². The van der Waals surface area contributed by atoms with Crippen molar-refractivity contribution in [2.24, 2.45) is 10.8 Å². The molecule has 0 bridgehead atoms. The van der Waals surface area contributed by atoms with E-state index >= 15 is 0 Å². The van der Waals surface area contributed by atoms with Crippen LogP contribution in [0.3, 0.4) is 0 Å². The van der Waals surface area contributed by atoms with Gasteiger partial charge in [0.15, 0.2) is 28.8 Å². The number of fused-ring (bicyclic) bond motifs is 5. The van der Waals surface area contributed by atoms with Gasteiger partial charge in [-0.25, -0.2) is 4.39 Å². The average molecular weight is 540 g/mol. The lowest BCUT2D eigenvalue weighted by molar-refractivity contribution is -0.127. The number of carbonyl (C=O) groups excluding carboxylic acids is 3. The highest BCUT2D eigenvalue weighted by atomic mass is 19.1. The quantitative estimate of drug-likeness (QED) is 0.385. The minimum Gasteiger partial charge on any atom is -0.493 e. The van der Waals surface area contributed by atoms with Gasteiger partial charge in [-0.05, 0) is 24.3 Å². The molecule has 7 heteroatoms. The molecule has 1 fully saturated rings. The Bertz CT molecular complexity index is 1580. The number of para-hydroxylation sites is 1. The summed E-state index contributed by atoms with van der Waals surface area (Å²) in [4.78, 5) is 45.8. The van der Waals surface area contributed by atoms with Gasteiger partial charge in [0.05, 0.1) is 26.3 Å². The molecule has 0 amide bonds. The largest absolute Gasteiger partial charge is 0.493 e. The van der Waals surface area contributed by atoms with E-state index in [-0.39, 0.29) is 17.3 Å². The molecule has 0 saturated carbocycles. The van der Waals surface area contributed by atoms with Gasteiger partial charge in [0, 0.05) is 39.3 Å². The van der Waals surface area contributed by atoms with Crippen molar-refractivity contribution < 1.29 is 28.2 Å².